The fraction of sp³-hybridized carbons (Fsp3) is 0.579. The summed E-state index contributed by atoms with van der Waals surface area (Å²) < 4.78 is 10.7. The Morgan fingerprint density at radius 3 is 2.44 bits per heavy atom. The Labute approximate surface area is 179 Å². The molecule has 0 aliphatic heterocycles. The van der Waals surface area contributed by atoms with Gasteiger partial charge in [-0.1, -0.05) is 12.1 Å². The summed E-state index contributed by atoms with van der Waals surface area (Å²) >= 11 is 0. The van der Waals surface area contributed by atoms with Gasteiger partial charge in [0.1, 0.15) is 11.4 Å². The fourth-order valence-corrected chi connectivity index (χ4v) is 2.07. The van der Waals surface area contributed by atoms with Gasteiger partial charge in [-0.05, 0) is 52.3 Å². The number of carbonyl (C=O) groups is 1. The first-order valence-electron chi connectivity index (χ1n) is 9.04. The number of amides is 1. The van der Waals surface area contributed by atoms with E-state index in [2.05, 4.69) is 20.9 Å². The zero-order valence-corrected chi connectivity index (χ0v) is 19.3. The van der Waals surface area contributed by atoms with E-state index in [4.69, 9.17) is 9.47 Å². The van der Waals surface area contributed by atoms with E-state index in [1.54, 1.807) is 0 Å². The second-order valence-electron chi connectivity index (χ2n) is 6.63. The van der Waals surface area contributed by atoms with Crippen LogP contribution in [0.3, 0.4) is 0 Å². The summed E-state index contributed by atoms with van der Waals surface area (Å²) in [6, 6.07) is 7.89. The molecule has 0 aliphatic rings. The Morgan fingerprint density at radius 1 is 1.11 bits per heavy atom. The smallest absolute Gasteiger partial charge is 0.407 e. The molecule has 0 bridgehead atoms. The molecule has 1 rings (SSSR count). The molecule has 0 heterocycles. The van der Waals surface area contributed by atoms with Gasteiger partial charge < -0.3 is 25.4 Å². The van der Waals surface area contributed by atoms with Crippen LogP contribution in [0, 0.1) is 0 Å². The Morgan fingerprint density at radius 2 is 1.81 bits per heavy atom. The maximum absolute atomic E-state index is 11.6. The summed E-state index contributed by atoms with van der Waals surface area (Å²) in [6.45, 7) is 12.4. The van der Waals surface area contributed by atoms with Crippen LogP contribution < -0.4 is 20.7 Å². The van der Waals surface area contributed by atoms with Crippen molar-refractivity contribution in [2.75, 3.05) is 26.2 Å². The Bertz CT molecular complexity index is 589. The molecule has 7 nitrogen and oxygen atoms in total. The van der Waals surface area contributed by atoms with Crippen molar-refractivity contribution in [2.45, 2.75) is 46.8 Å². The Balaban J connectivity index is 0.00000676. The lowest BCUT2D eigenvalue weighted by molar-refractivity contribution is 0.0529. The highest BCUT2D eigenvalue weighted by molar-refractivity contribution is 14.0. The minimum Gasteiger partial charge on any atom is -0.494 e. The topological polar surface area (TPSA) is 84.0 Å². The van der Waals surface area contributed by atoms with Gasteiger partial charge in [-0.2, -0.15) is 0 Å². The van der Waals surface area contributed by atoms with Crippen LogP contribution in [0.1, 0.15) is 40.2 Å². The average Bonchev–Trinajstić information content (AvgIpc) is 2.55. The summed E-state index contributed by atoms with van der Waals surface area (Å²) in [6.07, 6.45) is -0.422. The second kappa shape index (κ2) is 13.5. The second-order valence-corrected chi connectivity index (χ2v) is 6.63. The number of halogens is 1. The molecule has 0 spiro atoms. The molecule has 1 aromatic rings. The number of guanidine groups is 1. The highest BCUT2D eigenvalue weighted by atomic mass is 127. The highest BCUT2D eigenvalue weighted by Crippen LogP contribution is 2.13. The van der Waals surface area contributed by atoms with E-state index in [1.165, 1.54) is 0 Å². The number of rotatable bonds is 8. The first-order valence-corrected chi connectivity index (χ1v) is 9.04. The Hall–Kier alpha value is -1.71. The summed E-state index contributed by atoms with van der Waals surface area (Å²) in [5, 5.41) is 9.08. The molecule has 154 valence electrons. The summed E-state index contributed by atoms with van der Waals surface area (Å²) in [4.78, 5) is 16.2. The predicted octanol–water partition coefficient (Wildman–Crippen LogP) is 3.28. The van der Waals surface area contributed by atoms with E-state index in [0.29, 0.717) is 32.2 Å². The lowest BCUT2D eigenvalue weighted by Gasteiger charge is -2.19. The van der Waals surface area contributed by atoms with Gasteiger partial charge in [0.2, 0.25) is 0 Å². The number of carbonyl (C=O) groups excluding carboxylic acids is 1. The predicted molar refractivity (Wildman–Crippen MR) is 120 cm³/mol. The molecule has 0 unspecified atom stereocenters. The van der Waals surface area contributed by atoms with E-state index < -0.39 is 11.7 Å². The molecular formula is C19H33IN4O3. The maximum Gasteiger partial charge on any atom is 0.407 e. The SMILES string of the molecule is CCNC(=NCc1cccc(OCC)c1)NCCNC(=O)OC(C)(C)C.I. The number of ether oxygens (including phenoxy) is 2. The maximum atomic E-state index is 11.6. The van der Waals surface area contributed by atoms with E-state index >= 15 is 0 Å². The van der Waals surface area contributed by atoms with Crippen molar-refractivity contribution in [3.63, 3.8) is 0 Å². The first kappa shape index (κ1) is 25.3. The molecule has 0 saturated heterocycles. The standard InChI is InChI=1S/C19H32N4O3.HI/c1-6-20-17(21-11-12-22-18(24)26-19(3,4)5)23-14-15-9-8-10-16(13-15)25-7-2;/h8-10,13H,6-7,11-12,14H2,1-5H3,(H,22,24)(H2,20,21,23);1H. The van der Waals surface area contributed by atoms with Crippen molar-refractivity contribution in [2.24, 2.45) is 4.99 Å². The molecule has 0 atom stereocenters. The molecule has 3 N–H and O–H groups in total. The zero-order valence-electron chi connectivity index (χ0n) is 16.9. The number of benzene rings is 1. The van der Waals surface area contributed by atoms with Gasteiger partial charge in [-0.15, -0.1) is 24.0 Å². The number of nitrogens with one attached hydrogen (secondary N) is 3. The number of aliphatic imine (C=N–C) groups is 1. The monoisotopic (exact) mass is 492 g/mol. The van der Waals surface area contributed by atoms with Crippen LogP contribution in [0.15, 0.2) is 29.3 Å². The van der Waals surface area contributed by atoms with E-state index in [9.17, 15) is 4.79 Å². The van der Waals surface area contributed by atoms with Crippen molar-refractivity contribution >= 4 is 36.0 Å². The normalized spacial score (nSPS) is 11.2. The molecule has 1 aromatic carbocycles. The van der Waals surface area contributed by atoms with Gasteiger partial charge in [0, 0.05) is 19.6 Å². The van der Waals surface area contributed by atoms with Crippen molar-refractivity contribution in [1.82, 2.24) is 16.0 Å². The molecule has 0 fully saturated rings. The highest BCUT2D eigenvalue weighted by Gasteiger charge is 2.15. The van der Waals surface area contributed by atoms with Crippen LogP contribution in [0.2, 0.25) is 0 Å². The van der Waals surface area contributed by atoms with Gasteiger partial charge in [-0.3, -0.25) is 0 Å². The van der Waals surface area contributed by atoms with Crippen LogP contribution in [0.4, 0.5) is 4.79 Å². The lowest BCUT2D eigenvalue weighted by Crippen LogP contribution is -2.42. The lowest BCUT2D eigenvalue weighted by atomic mass is 10.2. The van der Waals surface area contributed by atoms with Gasteiger partial charge in [0.15, 0.2) is 5.96 Å². The third kappa shape index (κ3) is 12.3. The molecule has 0 saturated carbocycles. The molecule has 27 heavy (non-hydrogen) atoms. The third-order valence-electron chi connectivity index (χ3n) is 3.06. The van der Waals surface area contributed by atoms with E-state index in [-0.39, 0.29) is 24.0 Å². The molecule has 0 aliphatic carbocycles. The summed E-state index contributed by atoms with van der Waals surface area (Å²) in [5.41, 5.74) is 0.573. The van der Waals surface area contributed by atoms with Crippen LogP contribution >= 0.6 is 24.0 Å². The Kier molecular flexibility index (Phi) is 12.6. The minimum absolute atomic E-state index is 0. The van der Waals surface area contributed by atoms with Crippen molar-refractivity contribution < 1.29 is 14.3 Å². The van der Waals surface area contributed by atoms with Crippen LogP contribution in [-0.4, -0.2) is 43.9 Å². The zero-order chi connectivity index (χ0) is 19.4. The first-order chi connectivity index (χ1) is 12.3. The van der Waals surface area contributed by atoms with E-state index in [1.807, 2.05) is 58.9 Å². The summed E-state index contributed by atoms with van der Waals surface area (Å²) in [7, 11) is 0. The number of alkyl carbamates (subject to hydrolysis) is 1. The molecule has 0 radical (unpaired) electrons. The van der Waals surface area contributed by atoms with Crippen LogP contribution in [0.5, 0.6) is 5.75 Å². The minimum atomic E-state index is -0.496. The van der Waals surface area contributed by atoms with Crippen molar-refractivity contribution in [3.8, 4) is 5.75 Å². The van der Waals surface area contributed by atoms with Crippen molar-refractivity contribution in [3.05, 3.63) is 29.8 Å². The van der Waals surface area contributed by atoms with Gasteiger partial charge in [-0.25, -0.2) is 9.79 Å². The molecule has 1 amide bonds. The molecule has 8 heteroatoms. The molecule has 0 aromatic heterocycles. The number of nitrogens with zero attached hydrogens (tertiary/aromatic N) is 1. The van der Waals surface area contributed by atoms with Crippen molar-refractivity contribution in [1.29, 1.82) is 0 Å². The number of hydrogen-bond acceptors (Lipinski definition) is 4. The number of hydrogen-bond donors (Lipinski definition) is 3. The third-order valence-corrected chi connectivity index (χ3v) is 3.06. The van der Waals surface area contributed by atoms with E-state index in [0.717, 1.165) is 17.9 Å². The van der Waals surface area contributed by atoms with Gasteiger partial charge >= 0.3 is 6.09 Å². The van der Waals surface area contributed by atoms with Crippen LogP contribution in [0.25, 0.3) is 0 Å². The summed E-state index contributed by atoms with van der Waals surface area (Å²) in [5.74, 6) is 1.54. The molecular weight excluding hydrogens is 459 g/mol. The van der Waals surface area contributed by atoms with Crippen LogP contribution in [-0.2, 0) is 11.3 Å². The quantitative estimate of drug-likeness (QED) is 0.225. The van der Waals surface area contributed by atoms with Gasteiger partial charge in [0.25, 0.3) is 0 Å². The average molecular weight is 492 g/mol. The fourth-order valence-electron chi connectivity index (χ4n) is 2.07. The largest absolute Gasteiger partial charge is 0.494 e. The van der Waals surface area contributed by atoms with Gasteiger partial charge in [0.05, 0.1) is 13.2 Å².